The molecule has 1 aliphatic heterocycles. The highest BCUT2D eigenvalue weighted by molar-refractivity contribution is 7.82. The lowest BCUT2D eigenvalue weighted by molar-refractivity contribution is 0.0417. The summed E-state index contributed by atoms with van der Waals surface area (Å²) in [6.07, 6.45) is 1.88. The average Bonchev–Trinajstić information content (AvgIpc) is 2.70. The lowest BCUT2D eigenvalue weighted by Gasteiger charge is -2.33. The highest BCUT2D eigenvalue weighted by Gasteiger charge is 2.34. The second-order valence-corrected chi connectivity index (χ2v) is 9.41. The van der Waals surface area contributed by atoms with Crippen LogP contribution >= 0.6 is 0 Å². The molecule has 1 aliphatic rings. The molecule has 178 valence electrons. The van der Waals surface area contributed by atoms with Crippen molar-refractivity contribution in [3.05, 3.63) is 52.6 Å². The minimum Gasteiger partial charge on any atom is -0.494 e. The molecule has 0 bridgehead atoms. The van der Waals surface area contributed by atoms with Crippen LogP contribution in [0.25, 0.3) is 0 Å². The van der Waals surface area contributed by atoms with Crippen LogP contribution in [0.1, 0.15) is 48.9 Å². The van der Waals surface area contributed by atoms with Gasteiger partial charge >= 0.3 is 16.5 Å². The molecule has 0 atom stereocenters. The van der Waals surface area contributed by atoms with Crippen LogP contribution in [0.15, 0.2) is 35.5 Å². The summed E-state index contributed by atoms with van der Waals surface area (Å²) in [7, 11) is -4.30. The maximum Gasteiger partial charge on any atom is 0.521 e. The van der Waals surface area contributed by atoms with Crippen molar-refractivity contribution < 1.29 is 31.2 Å². The van der Waals surface area contributed by atoms with Crippen molar-refractivity contribution in [2.45, 2.75) is 53.1 Å². The van der Waals surface area contributed by atoms with Crippen molar-refractivity contribution in [3.63, 3.8) is 0 Å². The molecule has 0 unspecified atom stereocenters. The predicted octanol–water partition coefficient (Wildman–Crippen LogP) is 4.89. The van der Waals surface area contributed by atoms with Crippen molar-refractivity contribution in [2.75, 3.05) is 11.9 Å². The van der Waals surface area contributed by atoms with Gasteiger partial charge < -0.3 is 13.7 Å². The number of hydrogen-bond acceptors (Lipinski definition) is 8. The number of nitrogens with one attached hydrogen (secondary N) is 1. The zero-order valence-corrected chi connectivity index (χ0v) is 20.1. The number of amides is 1. The Morgan fingerprint density at radius 1 is 1.06 bits per heavy atom. The van der Waals surface area contributed by atoms with E-state index in [1.165, 1.54) is 6.21 Å². The summed E-state index contributed by atoms with van der Waals surface area (Å²) < 4.78 is 44.3. The van der Waals surface area contributed by atoms with E-state index in [-0.39, 0.29) is 5.75 Å². The Balaban J connectivity index is 1.46. The smallest absolute Gasteiger partial charge is 0.494 e. The highest BCUT2D eigenvalue weighted by atomic mass is 32.3. The number of oxime groups is 1. The topological polar surface area (TPSA) is 113 Å². The summed E-state index contributed by atoms with van der Waals surface area (Å²) in [6, 6.07) is 8.61. The van der Waals surface area contributed by atoms with Gasteiger partial charge in [-0.05, 0) is 88.4 Å². The monoisotopic (exact) mass is 476 g/mol. The quantitative estimate of drug-likeness (QED) is 0.311. The molecule has 1 heterocycles. The molecule has 1 amide bonds. The fraction of sp³-hybridized carbons (Fsp3) is 0.391. The molecule has 1 N–H and O–H groups in total. The van der Waals surface area contributed by atoms with Crippen molar-refractivity contribution in [1.82, 2.24) is 0 Å². The third-order valence-corrected chi connectivity index (χ3v) is 5.83. The van der Waals surface area contributed by atoms with Crippen molar-refractivity contribution in [2.24, 2.45) is 5.16 Å². The molecule has 9 nitrogen and oxygen atoms in total. The van der Waals surface area contributed by atoms with Gasteiger partial charge in [0, 0.05) is 11.8 Å². The predicted molar refractivity (Wildman–Crippen MR) is 124 cm³/mol. The van der Waals surface area contributed by atoms with Gasteiger partial charge in [-0.25, -0.2) is 9.08 Å². The molecule has 33 heavy (non-hydrogen) atoms. The van der Waals surface area contributed by atoms with Gasteiger partial charge in [-0.1, -0.05) is 11.2 Å². The van der Waals surface area contributed by atoms with Crippen LogP contribution in [0.4, 0.5) is 10.5 Å². The maximum atomic E-state index is 11.9. The first-order valence-corrected chi connectivity index (χ1v) is 11.8. The number of cyclic esters (lactones) is 1. The van der Waals surface area contributed by atoms with Crippen molar-refractivity contribution in [1.29, 1.82) is 0 Å². The molecular weight excluding hydrogens is 448 g/mol. The second-order valence-electron chi connectivity index (χ2n) is 8.28. The Hall–Kier alpha value is -3.27. The summed E-state index contributed by atoms with van der Waals surface area (Å²) in [4.78, 5) is 11.7. The van der Waals surface area contributed by atoms with Crippen LogP contribution < -0.4 is 14.2 Å². The number of nitrogens with zero attached hydrogens (tertiary/aromatic N) is 1. The van der Waals surface area contributed by atoms with Crippen LogP contribution in [0.3, 0.4) is 0 Å². The van der Waals surface area contributed by atoms with Gasteiger partial charge in [-0.2, -0.15) is 0 Å². The van der Waals surface area contributed by atoms with E-state index in [1.807, 2.05) is 46.8 Å². The normalized spacial score (nSPS) is 14.9. The van der Waals surface area contributed by atoms with E-state index in [2.05, 4.69) is 14.8 Å². The van der Waals surface area contributed by atoms with Gasteiger partial charge in [0.1, 0.15) is 17.1 Å². The number of hydrogen-bond donors (Lipinski definition) is 1. The Bertz CT molecular complexity index is 1170. The van der Waals surface area contributed by atoms with Crippen LogP contribution in [-0.2, 0) is 25.0 Å². The van der Waals surface area contributed by atoms with Gasteiger partial charge in [0.25, 0.3) is 0 Å². The first-order valence-electron chi connectivity index (χ1n) is 10.5. The Morgan fingerprint density at radius 3 is 2.52 bits per heavy atom. The SMILES string of the molecule is Cc1ccc(OS(=O)(=O)ON=CCCCOc2cc(C)c3c(c2)C(C)(C)OC(=O)N3)cc1C. The minimum absolute atomic E-state index is 0.162. The Labute approximate surface area is 194 Å². The number of aryl methyl sites for hydroxylation is 3. The number of rotatable bonds is 9. The number of fused-ring (bicyclic) bond motifs is 1. The van der Waals surface area contributed by atoms with Gasteiger partial charge in [-0.15, -0.1) is 8.42 Å². The van der Waals surface area contributed by atoms with E-state index in [4.69, 9.17) is 13.7 Å². The number of carbonyl (C=O) groups excluding carboxylic acids is 1. The number of anilines is 1. The number of benzene rings is 2. The van der Waals surface area contributed by atoms with Crippen LogP contribution in [0.5, 0.6) is 11.5 Å². The fourth-order valence-electron chi connectivity index (χ4n) is 3.29. The third-order valence-electron chi connectivity index (χ3n) is 5.16. The van der Waals surface area contributed by atoms with Crippen molar-refractivity contribution in [3.8, 4) is 11.5 Å². The zero-order valence-electron chi connectivity index (χ0n) is 19.3. The van der Waals surface area contributed by atoms with E-state index in [0.717, 1.165) is 27.9 Å². The molecule has 10 heteroatoms. The molecule has 2 aromatic carbocycles. The molecule has 0 fully saturated rings. The molecule has 0 radical (unpaired) electrons. The lowest BCUT2D eigenvalue weighted by atomic mass is 9.92. The molecule has 0 spiro atoms. The molecule has 2 aromatic rings. The second kappa shape index (κ2) is 9.70. The van der Waals surface area contributed by atoms with Crippen molar-refractivity contribution >= 4 is 28.4 Å². The molecular formula is C23H28N2O7S. The van der Waals surface area contributed by atoms with Gasteiger partial charge in [0.15, 0.2) is 0 Å². The molecule has 0 aliphatic carbocycles. The van der Waals surface area contributed by atoms with Crippen LogP contribution in [-0.4, -0.2) is 27.3 Å². The summed E-state index contributed by atoms with van der Waals surface area (Å²) in [6.45, 7) is 9.68. The largest absolute Gasteiger partial charge is 0.521 e. The molecule has 3 rings (SSSR count). The average molecular weight is 477 g/mol. The van der Waals surface area contributed by atoms with E-state index in [9.17, 15) is 13.2 Å². The number of unbranched alkanes of at least 4 members (excludes halogenated alkanes) is 1. The van der Waals surface area contributed by atoms with E-state index >= 15 is 0 Å². The van der Waals surface area contributed by atoms with Crippen LogP contribution in [0.2, 0.25) is 0 Å². The number of carbonyl (C=O) groups is 1. The first-order chi connectivity index (χ1) is 15.5. The Morgan fingerprint density at radius 2 is 1.79 bits per heavy atom. The molecule has 0 aromatic heterocycles. The zero-order chi connectivity index (χ0) is 24.2. The molecule has 0 saturated carbocycles. The highest BCUT2D eigenvalue weighted by Crippen LogP contribution is 2.39. The maximum absolute atomic E-state index is 11.9. The van der Waals surface area contributed by atoms with E-state index in [0.29, 0.717) is 25.2 Å². The van der Waals surface area contributed by atoms with Gasteiger partial charge in [0.05, 0.1) is 12.3 Å². The van der Waals surface area contributed by atoms with E-state index in [1.54, 1.807) is 18.2 Å². The van der Waals surface area contributed by atoms with Crippen LogP contribution in [0, 0.1) is 20.8 Å². The summed E-state index contributed by atoms with van der Waals surface area (Å²) in [5.41, 5.74) is 3.60. The van der Waals surface area contributed by atoms with Gasteiger partial charge in [0.2, 0.25) is 0 Å². The standard InChI is InChI=1S/C23H28N2O7S/c1-15-8-9-18(12-16(15)2)31-33(27,28)32-24-10-6-7-11-29-19-13-17(3)21-20(14-19)23(4,5)30-22(26)25-21/h8-10,12-14H,6-7,11H2,1-5H3,(H,25,26). The summed E-state index contributed by atoms with van der Waals surface area (Å²) >= 11 is 0. The van der Waals surface area contributed by atoms with Gasteiger partial charge in [-0.3, -0.25) is 5.32 Å². The number of ether oxygens (including phenoxy) is 2. The third kappa shape index (κ3) is 6.38. The summed E-state index contributed by atoms with van der Waals surface area (Å²) in [5, 5.41) is 6.20. The molecule has 0 saturated heterocycles. The lowest BCUT2D eigenvalue weighted by Crippen LogP contribution is -2.35. The summed E-state index contributed by atoms with van der Waals surface area (Å²) in [5.74, 6) is 0.812. The van der Waals surface area contributed by atoms with E-state index < -0.39 is 22.1 Å². The Kier molecular flexibility index (Phi) is 7.16. The fourth-order valence-corrected chi connectivity index (χ4v) is 3.83. The minimum atomic E-state index is -4.30. The first kappa shape index (κ1) is 24.4.